The summed E-state index contributed by atoms with van der Waals surface area (Å²) in [5.74, 6) is 0. The molecular formula is C50H32N2OS. The lowest BCUT2D eigenvalue weighted by molar-refractivity contribution is 0.669. The van der Waals surface area contributed by atoms with Gasteiger partial charge in [-0.1, -0.05) is 133 Å². The number of benzene rings is 8. The first kappa shape index (κ1) is 30.7. The predicted molar refractivity (Wildman–Crippen MR) is 229 cm³/mol. The van der Waals surface area contributed by atoms with Gasteiger partial charge in [-0.05, 0) is 82.9 Å². The normalized spacial score (nSPS) is 11.7. The molecule has 0 bridgehead atoms. The Hall–Kier alpha value is -6.88. The first-order valence-corrected chi connectivity index (χ1v) is 19.1. The molecule has 0 amide bonds. The van der Waals surface area contributed by atoms with E-state index >= 15 is 0 Å². The molecule has 0 aliphatic rings. The van der Waals surface area contributed by atoms with Crippen LogP contribution in [0.1, 0.15) is 0 Å². The maximum atomic E-state index is 6.60. The fraction of sp³-hybridized carbons (Fsp3) is 0. The van der Waals surface area contributed by atoms with Crippen LogP contribution in [0, 0.1) is 0 Å². The maximum absolute atomic E-state index is 6.60. The molecule has 0 aliphatic heterocycles. The molecule has 254 valence electrons. The van der Waals surface area contributed by atoms with Gasteiger partial charge in [-0.2, -0.15) is 0 Å². The Bertz CT molecular complexity index is 3140. The Kier molecular flexibility index (Phi) is 7.04. The van der Waals surface area contributed by atoms with Gasteiger partial charge in [0, 0.05) is 48.7 Å². The number of rotatable bonds is 6. The molecule has 0 N–H and O–H groups in total. The van der Waals surface area contributed by atoms with Gasteiger partial charge >= 0.3 is 0 Å². The highest BCUT2D eigenvalue weighted by molar-refractivity contribution is 7.26. The van der Waals surface area contributed by atoms with Gasteiger partial charge < -0.3 is 13.9 Å². The van der Waals surface area contributed by atoms with Crippen molar-refractivity contribution in [2.45, 2.75) is 0 Å². The summed E-state index contributed by atoms with van der Waals surface area (Å²) in [4.78, 5) is 3.59. The molecule has 4 heteroatoms. The van der Waals surface area contributed by atoms with Gasteiger partial charge in [-0.25, -0.2) is 0 Å². The van der Waals surface area contributed by atoms with Crippen LogP contribution in [0.5, 0.6) is 0 Å². The molecule has 8 aromatic carbocycles. The van der Waals surface area contributed by atoms with Gasteiger partial charge in [0.2, 0.25) is 0 Å². The zero-order chi connectivity index (χ0) is 35.6. The largest absolute Gasteiger partial charge is 0.454 e. The molecule has 0 aliphatic carbocycles. The first-order chi connectivity index (χ1) is 26.8. The minimum Gasteiger partial charge on any atom is -0.454 e. The third kappa shape index (κ3) is 4.81. The summed E-state index contributed by atoms with van der Waals surface area (Å²) in [6.07, 6.45) is 0. The van der Waals surface area contributed by atoms with Crippen molar-refractivity contribution >= 4 is 81.5 Å². The number of anilines is 3. The van der Waals surface area contributed by atoms with Crippen LogP contribution in [-0.4, -0.2) is 4.57 Å². The average molecular weight is 709 g/mol. The summed E-state index contributed by atoms with van der Waals surface area (Å²) in [6, 6.07) is 69.4. The molecule has 0 spiro atoms. The second kappa shape index (κ2) is 12.4. The Morgan fingerprint density at radius 2 is 1.06 bits per heavy atom. The lowest BCUT2D eigenvalue weighted by Crippen LogP contribution is -2.10. The summed E-state index contributed by atoms with van der Waals surface area (Å²) in [7, 11) is 0. The van der Waals surface area contributed by atoms with Crippen LogP contribution in [0.3, 0.4) is 0 Å². The molecule has 11 rings (SSSR count). The van der Waals surface area contributed by atoms with Crippen molar-refractivity contribution in [2.75, 3.05) is 4.90 Å². The predicted octanol–water partition coefficient (Wildman–Crippen LogP) is 14.7. The van der Waals surface area contributed by atoms with E-state index in [1.165, 1.54) is 59.1 Å². The smallest absolute Gasteiger partial charge is 0.159 e. The van der Waals surface area contributed by atoms with Crippen LogP contribution in [0.25, 0.3) is 81.1 Å². The highest BCUT2D eigenvalue weighted by atomic mass is 32.1. The number of aromatic nitrogens is 1. The van der Waals surface area contributed by atoms with E-state index < -0.39 is 0 Å². The lowest BCUT2D eigenvalue weighted by atomic mass is 9.98. The van der Waals surface area contributed by atoms with Gasteiger partial charge in [-0.3, -0.25) is 0 Å². The van der Waals surface area contributed by atoms with Crippen LogP contribution >= 0.6 is 11.3 Å². The minimum atomic E-state index is 0.871. The van der Waals surface area contributed by atoms with Crippen LogP contribution < -0.4 is 4.90 Å². The molecule has 3 nitrogen and oxygen atoms in total. The van der Waals surface area contributed by atoms with Crippen LogP contribution in [0.4, 0.5) is 17.1 Å². The highest BCUT2D eigenvalue weighted by Gasteiger charge is 2.22. The molecule has 0 unspecified atom stereocenters. The van der Waals surface area contributed by atoms with Crippen LogP contribution in [-0.2, 0) is 0 Å². The molecule has 3 heterocycles. The van der Waals surface area contributed by atoms with Crippen molar-refractivity contribution in [1.29, 1.82) is 0 Å². The molecule has 11 aromatic rings. The van der Waals surface area contributed by atoms with Crippen molar-refractivity contribution in [3.63, 3.8) is 0 Å². The zero-order valence-corrected chi connectivity index (χ0v) is 30.0. The molecule has 0 atom stereocenters. The number of fused-ring (bicyclic) bond motifs is 8. The fourth-order valence-electron chi connectivity index (χ4n) is 8.17. The van der Waals surface area contributed by atoms with E-state index in [1.54, 1.807) is 0 Å². The monoisotopic (exact) mass is 708 g/mol. The molecule has 0 radical (unpaired) electrons. The van der Waals surface area contributed by atoms with E-state index in [4.69, 9.17) is 4.42 Å². The van der Waals surface area contributed by atoms with Crippen LogP contribution in [0.15, 0.2) is 199 Å². The van der Waals surface area contributed by atoms with Crippen molar-refractivity contribution in [3.8, 4) is 27.9 Å². The van der Waals surface area contributed by atoms with Crippen molar-refractivity contribution in [2.24, 2.45) is 0 Å². The highest BCUT2D eigenvalue weighted by Crippen LogP contribution is 2.47. The summed E-state index contributed by atoms with van der Waals surface area (Å²) in [5.41, 5.74) is 12.1. The Morgan fingerprint density at radius 1 is 0.444 bits per heavy atom. The van der Waals surface area contributed by atoms with Crippen molar-refractivity contribution in [1.82, 2.24) is 4.57 Å². The summed E-state index contributed by atoms with van der Waals surface area (Å²) in [6.45, 7) is 0. The van der Waals surface area contributed by atoms with Gasteiger partial charge in [0.1, 0.15) is 10.4 Å². The molecular weight excluding hydrogens is 677 g/mol. The van der Waals surface area contributed by atoms with Crippen molar-refractivity contribution < 1.29 is 4.42 Å². The molecule has 0 saturated carbocycles. The topological polar surface area (TPSA) is 21.3 Å². The second-order valence-corrected chi connectivity index (χ2v) is 14.7. The number of hydrogen-bond acceptors (Lipinski definition) is 3. The lowest BCUT2D eigenvalue weighted by Gasteiger charge is -2.26. The van der Waals surface area contributed by atoms with E-state index in [-0.39, 0.29) is 0 Å². The third-order valence-electron chi connectivity index (χ3n) is 10.6. The number of furan rings is 1. The summed E-state index contributed by atoms with van der Waals surface area (Å²) in [5, 5.41) is 6.11. The second-order valence-electron chi connectivity index (χ2n) is 13.7. The van der Waals surface area contributed by atoms with Gasteiger partial charge in [-0.15, -0.1) is 11.3 Å². The van der Waals surface area contributed by atoms with E-state index in [1.807, 2.05) is 23.5 Å². The SMILES string of the molecule is c1ccc(-c2ccc(N(c3ccc(-c4cccc5sc6c(c7ccccc7n6-c6ccccc6)c45)cc3)c3cccc4c3oc3ccccc34)cc2)cc1. The van der Waals surface area contributed by atoms with Crippen LogP contribution in [0.2, 0.25) is 0 Å². The first-order valence-electron chi connectivity index (χ1n) is 18.3. The van der Waals surface area contributed by atoms with Gasteiger partial charge in [0.05, 0.1) is 11.2 Å². The Morgan fingerprint density at radius 3 is 1.83 bits per heavy atom. The average Bonchev–Trinajstić information content (AvgIpc) is 3.91. The number of nitrogens with zero attached hydrogens (tertiary/aromatic N) is 2. The van der Waals surface area contributed by atoms with E-state index in [9.17, 15) is 0 Å². The zero-order valence-electron chi connectivity index (χ0n) is 29.2. The Balaban J connectivity index is 1.08. The quantitative estimate of drug-likeness (QED) is 0.171. The molecule has 54 heavy (non-hydrogen) atoms. The number of hydrogen-bond donors (Lipinski definition) is 0. The fourth-order valence-corrected chi connectivity index (χ4v) is 9.44. The summed E-state index contributed by atoms with van der Waals surface area (Å²) < 4.78 is 10.3. The van der Waals surface area contributed by atoms with E-state index in [0.717, 1.165) is 39.0 Å². The van der Waals surface area contributed by atoms with E-state index in [2.05, 4.69) is 191 Å². The molecule has 0 fully saturated rings. The van der Waals surface area contributed by atoms with Crippen molar-refractivity contribution in [3.05, 3.63) is 194 Å². The van der Waals surface area contributed by atoms with E-state index in [0.29, 0.717) is 0 Å². The van der Waals surface area contributed by atoms with Gasteiger partial charge in [0.15, 0.2) is 5.58 Å². The summed E-state index contributed by atoms with van der Waals surface area (Å²) >= 11 is 1.87. The van der Waals surface area contributed by atoms with Gasteiger partial charge in [0.25, 0.3) is 0 Å². The number of para-hydroxylation sites is 4. The molecule has 0 saturated heterocycles. The minimum absolute atomic E-state index is 0.871. The Labute approximate surface area is 316 Å². The maximum Gasteiger partial charge on any atom is 0.159 e. The standard InChI is InChI=1S/C50H32N2OS/c1-3-13-33(14-4-1)34-25-29-37(30-26-34)51(44-22-11-20-41-40-17-8-10-23-45(40)53-49(41)44)38-31-27-35(28-32-38)39-19-12-24-46-47(39)48-42-18-7-9-21-43(42)52(50(48)54-46)36-15-5-2-6-16-36/h1-32H. The molecule has 3 aromatic heterocycles. The third-order valence-corrected chi connectivity index (χ3v) is 11.8. The number of thiophene rings is 1.